The summed E-state index contributed by atoms with van der Waals surface area (Å²) in [5.74, 6) is 2.97. The van der Waals surface area contributed by atoms with Crippen LogP contribution in [0.4, 0.5) is 0 Å². The molecule has 122 valence electrons. The summed E-state index contributed by atoms with van der Waals surface area (Å²) in [4.78, 5) is 4.74. The fourth-order valence-electron chi connectivity index (χ4n) is 3.86. The Hall–Kier alpha value is -1.88. The van der Waals surface area contributed by atoms with Gasteiger partial charge in [-0.15, -0.1) is 0 Å². The van der Waals surface area contributed by atoms with Crippen LogP contribution in [0.1, 0.15) is 60.9 Å². The van der Waals surface area contributed by atoms with Crippen molar-refractivity contribution in [3.05, 3.63) is 41.0 Å². The normalized spacial score (nSPS) is 27.0. The van der Waals surface area contributed by atoms with Crippen LogP contribution in [0.15, 0.2) is 22.7 Å². The third kappa shape index (κ3) is 2.63. The summed E-state index contributed by atoms with van der Waals surface area (Å²) < 4.78 is 16.8. The maximum absolute atomic E-state index is 5.64. The molecular weight excluding hydrogens is 292 g/mol. The minimum atomic E-state index is 0.152. The maximum Gasteiger partial charge on any atom is 0.234 e. The summed E-state index contributed by atoms with van der Waals surface area (Å²) in [6.45, 7) is 2.88. The van der Waals surface area contributed by atoms with Crippen molar-refractivity contribution in [3.63, 3.8) is 0 Å². The molecule has 0 spiro atoms. The van der Waals surface area contributed by atoms with Gasteiger partial charge >= 0.3 is 0 Å². The summed E-state index contributed by atoms with van der Waals surface area (Å²) in [6.07, 6.45) is 4.23. The van der Waals surface area contributed by atoms with E-state index in [1.807, 2.05) is 12.1 Å². The second-order valence-electron chi connectivity index (χ2n) is 6.52. The zero-order chi connectivity index (χ0) is 15.8. The number of aryl methyl sites for hydroxylation is 1. The van der Waals surface area contributed by atoms with Crippen LogP contribution in [0, 0.1) is 0 Å². The number of methoxy groups -OCH3 is 1. The van der Waals surface area contributed by atoms with Gasteiger partial charge in [0.1, 0.15) is 5.75 Å². The van der Waals surface area contributed by atoms with Gasteiger partial charge in [0.05, 0.1) is 19.1 Å². The van der Waals surface area contributed by atoms with E-state index in [1.54, 1.807) is 7.11 Å². The molecule has 4 rings (SSSR count). The highest BCUT2D eigenvalue weighted by molar-refractivity contribution is 5.48. The van der Waals surface area contributed by atoms with Gasteiger partial charge in [0.2, 0.25) is 5.89 Å². The molecule has 0 radical (unpaired) electrons. The van der Waals surface area contributed by atoms with Gasteiger partial charge in [-0.05, 0) is 44.2 Å². The predicted molar refractivity (Wildman–Crippen MR) is 84.8 cm³/mol. The molecule has 5 heteroatoms. The van der Waals surface area contributed by atoms with E-state index in [0.717, 1.165) is 49.8 Å². The standard InChI is InChI=1S/C18H22N2O3/c1-11-10-13(8-9-22-11)17-19-18(23-20-17)14-7-6-12-4-3-5-15(21-2)16(12)14/h3-5,11,13-14H,6-10H2,1-2H3. The highest BCUT2D eigenvalue weighted by Gasteiger charge is 2.33. The van der Waals surface area contributed by atoms with Crippen molar-refractivity contribution in [1.29, 1.82) is 0 Å². The minimum Gasteiger partial charge on any atom is -0.496 e. The van der Waals surface area contributed by atoms with E-state index in [9.17, 15) is 0 Å². The molecule has 1 aromatic heterocycles. The number of hydrogen-bond donors (Lipinski definition) is 0. The van der Waals surface area contributed by atoms with Gasteiger partial charge in [0.15, 0.2) is 5.82 Å². The smallest absolute Gasteiger partial charge is 0.234 e. The zero-order valence-electron chi connectivity index (χ0n) is 13.6. The minimum absolute atomic E-state index is 0.152. The molecule has 2 aromatic rings. The molecule has 5 nitrogen and oxygen atoms in total. The highest BCUT2D eigenvalue weighted by Crippen LogP contribution is 2.43. The first-order valence-corrected chi connectivity index (χ1v) is 8.37. The summed E-state index contributed by atoms with van der Waals surface area (Å²) in [6, 6.07) is 6.21. The van der Waals surface area contributed by atoms with Crippen molar-refractivity contribution in [1.82, 2.24) is 10.1 Å². The number of aromatic nitrogens is 2. The maximum atomic E-state index is 5.64. The lowest BCUT2D eigenvalue weighted by atomic mass is 9.95. The Bertz CT molecular complexity index is 697. The van der Waals surface area contributed by atoms with Crippen molar-refractivity contribution in [2.75, 3.05) is 13.7 Å². The topological polar surface area (TPSA) is 57.4 Å². The molecule has 0 bridgehead atoms. The van der Waals surface area contributed by atoms with Gasteiger partial charge in [-0.2, -0.15) is 4.98 Å². The predicted octanol–water partition coefficient (Wildman–Crippen LogP) is 3.44. The van der Waals surface area contributed by atoms with Crippen molar-refractivity contribution < 1.29 is 14.0 Å². The molecular formula is C18H22N2O3. The van der Waals surface area contributed by atoms with Gasteiger partial charge in [-0.25, -0.2) is 0 Å². The van der Waals surface area contributed by atoms with Crippen LogP contribution >= 0.6 is 0 Å². The summed E-state index contributed by atoms with van der Waals surface area (Å²) >= 11 is 0. The third-order valence-electron chi connectivity index (χ3n) is 5.03. The molecule has 23 heavy (non-hydrogen) atoms. The van der Waals surface area contributed by atoms with Gasteiger partial charge in [0, 0.05) is 18.1 Å². The molecule has 2 aliphatic rings. The molecule has 2 heterocycles. The third-order valence-corrected chi connectivity index (χ3v) is 5.03. The van der Waals surface area contributed by atoms with E-state index in [2.05, 4.69) is 18.1 Å². The number of hydrogen-bond acceptors (Lipinski definition) is 5. The molecule has 0 saturated carbocycles. The number of ether oxygens (including phenoxy) is 2. The molecule has 1 saturated heterocycles. The molecule has 1 aromatic carbocycles. The van der Waals surface area contributed by atoms with Crippen LogP contribution in [0.25, 0.3) is 0 Å². The van der Waals surface area contributed by atoms with Crippen LogP contribution in [0.5, 0.6) is 5.75 Å². The van der Waals surface area contributed by atoms with E-state index in [1.165, 1.54) is 11.1 Å². The second-order valence-corrected chi connectivity index (χ2v) is 6.52. The van der Waals surface area contributed by atoms with Crippen LogP contribution in [0.3, 0.4) is 0 Å². The Morgan fingerprint density at radius 2 is 2.17 bits per heavy atom. The number of fused-ring (bicyclic) bond motifs is 1. The Kier molecular flexibility index (Phi) is 3.81. The second kappa shape index (κ2) is 5.96. The first-order chi connectivity index (χ1) is 11.3. The van der Waals surface area contributed by atoms with Crippen molar-refractivity contribution in [2.45, 2.75) is 50.5 Å². The first kappa shape index (κ1) is 14.7. The molecule has 0 N–H and O–H groups in total. The summed E-state index contributed by atoms with van der Waals surface area (Å²) in [7, 11) is 1.72. The Balaban J connectivity index is 1.62. The molecule has 0 amide bonds. The average molecular weight is 314 g/mol. The zero-order valence-corrected chi connectivity index (χ0v) is 13.6. The van der Waals surface area contributed by atoms with E-state index in [0.29, 0.717) is 5.92 Å². The highest BCUT2D eigenvalue weighted by atomic mass is 16.5. The van der Waals surface area contributed by atoms with Crippen molar-refractivity contribution in [2.24, 2.45) is 0 Å². The summed E-state index contributed by atoms with van der Waals surface area (Å²) in [5, 5.41) is 4.26. The van der Waals surface area contributed by atoms with Gasteiger partial charge in [0.25, 0.3) is 0 Å². The van der Waals surface area contributed by atoms with Gasteiger partial charge in [-0.3, -0.25) is 0 Å². The monoisotopic (exact) mass is 314 g/mol. The number of benzene rings is 1. The van der Waals surface area contributed by atoms with E-state index >= 15 is 0 Å². The SMILES string of the molecule is COc1cccc2c1C(c1nc(C3CCOC(C)C3)no1)CC2. The largest absolute Gasteiger partial charge is 0.496 e. The Morgan fingerprint density at radius 3 is 3.00 bits per heavy atom. The van der Waals surface area contributed by atoms with Crippen LogP contribution < -0.4 is 4.74 Å². The first-order valence-electron chi connectivity index (χ1n) is 8.37. The van der Waals surface area contributed by atoms with Crippen LogP contribution in [-0.4, -0.2) is 30.0 Å². The molecule has 3 atom stereocenters. The molecule has 1 aliphatic carbocycles. The van der Waals surface area contributed by atoms with E-state index < -0.39 is 0 Å². The van der Waals surface area contributed by atoms with Gasteiger partial charge < -0.3 is 14.0 Å². The Morgan fingerprint density at radius 1 is 1.26 bits per heavy atom. The molecule has 3 unspecified atom stereocenters. The van der Waals surface area contributed by atoms with Gasteiger partial charge in [-0.1, -0.05) is 17.3 Å². The Labute approximate surface area is 136 Å². The van der Waals surface area contributed by atoms with Crippen LogP contribution in [-0.2, 0) is 11.2 Å². The number of nitrogens with zero attached hydrogens (tertiary/aromatic N) is 2. The van der Waals surface area contributed by atoms with Crippen LogP contribution in [0.2, 0.25) is 0 Å². The lowest BCUT2D eigenvalue weighted by Gasteiger charge is -2.24. The lowest BCUT2D eigenvalue weighted by Crippen LogP contribution is -2.22. The average Bonchev–Trinajstić information content (AvgIpc) is 3.21. The quantitative estimate of drug-likeness (QED) is 0.868. The molecule has 1 fully saturated rings. The van der Waals surface area contributed by atoms with Crippen molar-refractivity contribution in [3.8, 4) is 5.75 Å². The fourth-order valence-corrected chi connectivity index (χ4v) is 3.86. The summed E-state index contributed by atoms with van der Waals surface area (Å²) in [5.41, 5.74) is 2.54. The van der Waals surface area contributed by atoms with E-state index in [4.69, 9.17) is 19.0 Å². The molecule has 1 aliphatic heterocycles. The lowest BCUT2D eigenvalue weighted by molar-refractivity contribution is 0.0169. The van der Waals surface area contributed by atoms with Crippen molar-refractivity contribution >= 4 is 0 Å². The fraction of sp³-hybridized carbons (Fsp3) is 0.556. The number of rotatable bonds is 3. The van der Waals surface area contributed by atoms with E-state index in [-0.39, 0.29) is 12.0 Å².